The topological polar surface area (TPSA) is 43.7 Å². The minimum atomic E-state index is -1.41. The van der Waals surface area contributed by atoms with Gasteiger partial charge in [0.1, 0.15) is 0 Å². The number of hydrogen-bond acceptors (Lipinski definition) is 4. The van der Waals surface area contributed by atoms with Gasteiger partial charge in [0.05, 0.1) is 0 Å². The average Bonchev–Trinajstić information content (AvgIpc) is 2.91. The van der Waals surface area contributed by atoms with Crippen molar-refractivity contribution in [2.24, 2.45) is 0 Å². The van der Waals surface area contributed by atoms with Crippen LogP contribution < -0.4 is 5.46 Å². The van der Waals surface area contributed by atoms with Gasteiger partial charge < -0.3 is 10.0 Å². The highest BCUT2D eigenvalue weighted by Crippen LogP contribution is 2.14. The Hall–Kier alpha value is -1.14. The Kier molecular flexibility index (Phi) is 5.37. The van der Waals surface area contributed by atoms with Crippen LogP contribution in [-0.2, 0) is 13.0 Å². The molecule has 2 N–H and O–H groups in total. The van der Waals surface area contributed by atoms with Crippen LogP contribution >= 0.6 is 11.3 Å². The van der Waals surface area contributed by atoms with Crippen LogP contribution in [0, 0.1) is 0 Å². The molecule has 2 rings (SSSR count). The minimum absolute atomic E-state index is 0.401. The summed E-state index contributed by atoms with van der Waals surface area (Å²) in [4.78, 5) is 3.61. The highest BCUT2D eigenvalue weighted by molar-refractivity contribution is 7.09. The van der Waals surface area contributed by atoms with Crippen LogP contribution in [-0.4, -0.2) is 35.2 Å². The standard InChI is InChI=1S/C15H20BNO2S/c1-12(10-14-7-5-9-20-14)17(2)11-13-6-3-4-8-15(13)16(18)19/h3-9,12,18-19H,10-11H2,1-2H3. The molecule has 1 aromatic carbocycles. The van der Waals surface area contributed by atoms with Gasteiger partial charge in [-0.05, 0) is 42.9 Å². The average molecular weight is 289 g/mol. The predicted molar refractivity (Wildman–Crippen MR) is 85.2 cm³/mol. The summed E-state index contributed by atoms with van der Waals surface area (Å²) in [5, 5.41) is 20.9. The van der Waals surface area contributed by atoms with Crippen molar-refractivity contribution < 1.29 is 10.0 Å². The molecule has 0 spiro atoms. The lowest BCUT2D eigenvalue weighted by molar-refractivity contribution is 0.249. The molecule has 1 atom stereocenters. The van der Waals surface area contributed by atoms with Gasteiger partial charge in [-0.25, -0.2) is 0 Å². The van der Waals surface area contributed by atoms with Crippen molar-refractivity contribution in [2.45, 2.75) is 25.9 Å². The molecule has 0 aliphatic heterocycles. The van der Waals surface area contributed by atoms with E-state index in [1.54, 1.807) is 17.4 Å². The lowest BCUT2D eigenvalue weighted by atomic mass is 9.77. The molecule has 3 nitrogen and oxygen atoms in total. The first-order valence-corrected chi connectivity index (χ1v) is 7.62. The second-order valence-corrected chi connectivity index (χ2v) is 6.15. The molecular formula is C15H20BNO2S. The van der Waals surface area contributed by atoms with Crippen molar-refractivity contribution in [1.29, 1.82) is 0 Å². The number of thiophene rings is 1. The molecule has 0 aliphatic carbocycles. The third kappa shape index (κ3) is 3.93. The first kappa shape index (κ1) is 15.3. The second-order valence-electron chi connectivity index (χ2n) is 5.12. The smallest absolute Gasteiger partial charge is 0.423 e. The molecule has 1 aromatic heterocycles. The van der Waals surface area contributed by atoms with Gasteiger partial charge >= 0.3 is 7.12 Å². The maximum atomic E-state index is 9.40. The first-order valence-electron chi connectivity index (χ1n) is 6.74. The molecule has 5 heteroatoms. The maximum absolute atomic E-state index is 9.40. The lowest BCUT2D eigenvalue weighted by Crippen LogP contribution is -2.37. The summed E-state index contributed by atoms with van der Waals surface area (Å²) in [5.74, 6) is 0. The third-order valence-electron chi connectivity index (χ3n) is 3.58. The summed E-state index contributed by atoms with van der Waals surface area (Å²) in [5.41, 5.74) is 1.55. The predicted octanol–water partition coefficient (Wildman–Crippen LogP) is 1.49. The molecule has 1 unspecified atom stereocenters. The van der Waals surface area contributed by atoms with Crippen molar-refractivity contribution in [3.05, 3.63) is 52.2 Å². The zero-order chi connectivity index (χ0) is 14.5. The molecule has 106 valence electrons. The van der Waals surface area contributed by atoms with Gasteiger partial charge in [0.25, 0.3) is 0 Å². The van der Waals surface area contributed by atoms with Crippen LogP contribution in [0.1, 0.15) is 17.4 Å². The SMILES string of the molecule is CC(Cc1cccs1)N(C)Cc1ccccc1B(O)O. The summed E-state index contributed by atoms with van der Waals surface area (Å²) < 4.78 is 0. The van der Waals surface area contributed by atoms with E-state index in [0.29, 0.717) is 18.0 Å². The Bertz CT molecular complexity index is 530. The van der Waals surface area contributed by atoms with Crippen molar-refractivity contribution >= 4 is 23.9 Å². The van der Waals surface area contributed by atoms with Gasteiger partial charge in [-0.1, -0.05) is 30.3 Å². The summed E-state index contributed by atoms with van der Waals surface area (Å²) >= 11 is 1.78. The summed E-state index contributed by atoms with van der Waals surface area (Å²) in [6.07, 6.45) is 1.01. The molecule has 1 heterocycles. The van der Waals surface area contributed by atoms with E-state index < -0.39 is 7.12 Å². The summed E-state index contributed by atoms with van der Waals surface area (Å²) in [7, 11) is 0.658. The second kappa shape index (κ2) is 7.04. The van der Waals surface area contributed by atoms with Gasteiger partial charge in [0.2, 0.25) is 0 Å². The molecular weight excluding hydrogens is 269 g/mol. The van der Waals surface area contributed by atoms with E-state index in [1.807, 2.05) is 18.2 Å². The molecule has 0 bridgehead atoms. The normalized spacial score (nSPS) is 12.7. The Labute approximate surface area is 124 Å². The van der Waals surface area contributed by atoms with Gasteiger partial charge in [-0.15, -0.1) is 11.3 Å². The number of benzene rings is 1. The summed E-state index contributed by atoms with van der Waals surface area (Å²) in [6.45, 7) is 2.90. The van der Waals surface area contributed by atoms with Crippen molar-refractivity contribution in [3.63, 3.8) is 0 Å². The Morgan fingerprint density at radius 2 is 1.95 bits per heavy atom. The Morgan fingerprint density at radius 1 is 1.20 bits per heavy atom. The van der Waals surface area contributed by atoms with E-state index in [-0.39, 0.29) is 0 Å². The molecule has 0 aliphatic rings. The molecule has 0 amide bonds. The van der Waals surface area contributed by atoms with E-state index >= 15 is 0 Å². The lowest BCUT2D eigenvalue weighted by Gasteiger charge is -2.25. The number of likely N-dealkylation sites (N-methyl/N-ethyl adjacent to an activating group) is 1. The molecule has 0 radical (unpaired) electrons. The van der Waals surface area contributed by atoms with Crippen LogP contribution in [0.5, 0.6) is 0 Å². The van der Waals surface area contributed by atoms with E-state index in [1.165, 1.54) is 4.88 Å². The zero-order valence-electron chi connectivity index (χ0n) is 11.9. The number of rotatable bonds is 6. The Morgan fingerprint density at radius 3 is 2.60 bits per heavy atom. The third-order valence-corrected chi connectivity index (χ3v) is 4.48. The largest absolute Gasteiger partial charge is 0.488 e. The zero-order valence-corrected chi connectivity index (χ0v) is 12.7. The first-order chi connectivity index (χ1) is 9.58. The highest BCUT2D eigenvalue weighted by atomic mass is 32.1. The molecule has 0 fully saturated rings. The van der Waals surface area contributed by atoms with Crippen LogP contribution in [0.4, 0.5) is 0 Å². The quantitative estimate of drug-likeness (QED) is 0.792. The van der Waals surface area contributed by atoms with Gasteiger partial charge in [0.15, 0.2) is 0 Å². The van der Waals surface area contributed by atoms with Crippen LogP contribution in [0.3, 0.4) is 0 Å². The van der Waals surface area contributed by atoms with Crippen molar-refractivity contribution in [1.82, 2.24) is 4.90 Å². The fourth-order valence-corrected chi connectivity index (χ4v) is 3.06. The van der Waals surface area contributed by atoms with E-state index in [0.717, 1.165) is 12.0 Å². The fourth-order valence-electron chi connectivity index (χ4n) is 2.23. The van der Waals surface area contributed by atoms with Crippen LogP contribution in [0.25, 0.3) is 0 Å². The van der Waals surface area contributed by atoms with Gasteiger partial charge in [-0.2, -0.15) is 0 Å². The van der Waals surface area contributed by atoms with Crippen LogP contribution in [0.15, 0.2) is 41.8 Å². The van der Waals surface area contributed by atoms with Crippen molar-refractivity contribution in [2.75, 3.05) is 7.05 Å². The summed E-state index contributed by atoms with van der Waals surface area (Å²) in [6, 6.07) is 12.1. The van der Waals surface area contributed by atoms with Crippen LogP contribution in [0.2, 0.25) is 0 Å². The van der Waals surface area contributed by atoms with E-state index in [2.05, 4.69) is 36.4 Å². The van der Waals surface area contributed by atoms with Gasteiger partial charge in [-0.3, -0.25) is 4.90 Å². The molecule has 20 heavy (non-hydrogen) atoms. The number of nitrogens with zero attached hydrogens (tertiary/aromatic N) is 1. The van der Waals surface area contributed by atoms with E-state index in [4.69, 9.17) is 0 Å². The van der Waals surface area contributed by atoms with E-state index in [9.17, 15) is 10.0 Å². The Balaban J connectivity index is 2.02. The highest BCUT2D eigenvalue weighted by Gasteiger charge is 2.18. The molecule has 0 saturated carbocycles. The molecule has 0 saturated heterocycles. The monoisotopic (exact) mass is 289 g/mol. The van der Waals surface area contributed by atoms with Crippen molar-refractivity contribution in [3.8, 4) is 0 Å². The molecule has 2 aromatic rings. The maximum Gasteiger partial charge on any atom is 0.488 e. The fraction of sp³-hybridized carbons (Fsp3) is 0.333. The minimum Gasteiger partial charge on any atom is -0.423 e. The number of hydrogen-bond donors (Lipinski definition) is 2. The van der Waals surface area contributed by atoms with Gasteiger partial charge in [0, 0.05) is 17.5 Å².